The van der Waals surface area contributed by atoms with E-state index in [0.717, 1.165) is 0 Å². The number of hydrogen-bond acceptors (Lipinski definition) is 4. The van der Waals surface area contributed by atoms with Crippen LogP contribution in [0.15, 0.2) is 48.5 Å². The van der Waals surface area contributed by atoms with E-state index < -0.39 is 43.4 Å². The number of benzene rings is 2. The molecule has 2 heterocycles. The van der Waals surface area contributed by atoms with Crippen LogP contribution in [0.2, 0.25) is 0 Å². The largest absolute Gasteiger partial charge is 0.508 e. The monoisotopic (exact) mass is 382 g/mol. The average Bonchev–Trinajstić information content (AvgIpc) is 3.07. The van der Waals surface area contributed by atoms with E-state index in [4.69, 9.17) is 0 Å². The van der Waals surface area contributed by atoms with E-state index in [1.807, 2.05) is 0 Å². The number of aromatic hydroxyl groups is 2. The van der Waals surface area contributed by atoms with Gasteiger partial charge in [0.05, 0.1) is 13.1 Å². The second-order valence-electron chi connectivity index (χ2n) is 6.87. The second-order valence-corrected chi connectivity index (χ2v) is 6.87. The van der Waals surface area contributed by atoms with Gasteiger partial charge in [0.25, 0.3) is 0 Å². The van der Waals surface area contributed by atoms with Crippen molar-refractivity contribution in [2.75, 3.05) is 22.9 Å². The summed E-state index contributed by atoms with van der Waals surface area (Å²) in [6.45, 7) is -0.901. The topological polar surface area (TPSA) is 46.9 Å². The molecule has 2 aliphatic rings. The molecule has 0 aliphatic carbocycles. The lowest BCUT2D eigenvalue weighted by molar-refractivity contribution is 0.0747. The second kappa shape index (κ2) is 6.21. The molecule has 27 heavy (non-hydrogen) atoms. The maximum Gasteiger partial charge on any atom is 0.183 e. The van der Waals surface area contributed by atoms with Gasteiger partial charge in [0, 0.05) is 11.4 Å². The van der Waals surface area contributed by atoms with Crippen LogP contribution in [-0.4, -0.2) is 53.7 Å². The fraction of sp³-hybridized carbons (Fsp3) is 0.368. The van der Waals surface area contributed by atoms with E-state index in [1.165, 1.54) is 58.3 Å². The highest BCUT2D eigenvalue weighted by molar-refractivity contribution is 5.63. The Bertz CT molecular complexity index is 748. The summed E-state index contributed by atoms with van der Waals surface area (Å²) >= 11 is 0. The van der Waals surface area contributed by atoms with Gasteiger partial charge in [-0.1, -0.05) is 0 Å². The smallest absolute Gasteiger partial charge is 0.183 e. The molecule has 0 radical (unpaired) electrons. The summed E-state index contributed by atoms with van der Waals surface area (Å²) in [5, 5.41) is 19.0. The molecule has 4 nitrogen and oxygen atoms in total. The normalized spacial score (nSPS) is 33.2. The van der Waals surface area contributed by atoms with Crippen molar-refractivity contribution in [3.05, 3.63) is 48.5 Å². The lowest BCUT2D eigenvalue weighted by atomic mass is 9.97. The predicted octanol–water partition coefficient (Wildman–Crippen LogP) is 3.49. The molecule has 8 heteroatoms. The van der Waals surface area contributed by atoms with Crippen LogP contribution >= 0.6 is 0 Å². The highest BCUT2D eigenvalue weighted by atomic mass is 19.2. The lowest BCUT2D eigenvalue weighted by Gasteiger charge is -2.46. The van der Waals surface area contributed by atoms with Gasteiger partial charge in [-0.05, 0) is 48.5 Å². The Hall–Kier alpha value is -2.64. The molecule has 4 unspecified atom stereocenters. The fourth-order valence-corrected chi connectivity index (χ4v) is 4.14. The Morgan fingerprint density at radius 2 is 1.00 bits per heavy atom. The number of nitrogens with zero attached hydrogens (tertiary/aromatic N) is 2. The summed E-state index contributed by atoms with van der Waals surface area (Å²) in [6.07, 6.45) is -8.62. The third-order valence-electron chi connectivity index (χ3n) is 5.35. The number of alkyl halides is 4. The molecule has 0 bridgehead atoms. The molecule has 2 saturated heterocycles. The average molecular weight is 382 g/mol. The number of halogens is 4. The van der Waals surface area contributed by atoms with Crippen LogP contribution in [0.5, 0.6) is 11.5 Å². The summed E-state index contributed by atoms with van der Waals surface area (Å²) in [5.74, 6) is -0.106. The summed E-state index contributed by atoms with van der Waals surface area (Å²) in [7, 11) is 0. The number of rotatable bonds is 2. The molecule has 2 aliphatic heterocycles. The van der Waals surface area contributed by atoms with Crippen molar-refractivity contribution < 1.29 is 27.8 Å². The molecule has 4 atom stereocenters. The number of phenolic OH excluding ortho intramolecular Hbond substituents is 2. The summed E-state index contributed by atoms with van der Waals surface area (Å²) in [6, 6.07) is 10.9. The van der Waals surface area contributed by atoms with Crippen molar-refractivity contribution in [3.63, 3.8) is 0 Å². The maximum absolute atomic E-state index is 15.2. The zero-order valence-electron chi connectivity index (χ0n) is 14.1. The van der Waals surface area contributed by atoms with E-state index in [9.17, 15) is 19.0 Å². The van der Waals surface area contributed by atoms with Crippen molar-refractivity contribution >= 4 is 11.4 Å². The Morgan fingerprint density at radius 3 is 1.33 bits per heavy atom. The van der Waals surface area contributed by atoms with Gasteiger partial charge in [0.15, 0.2) is 30.3 Å². The molecule has 144 valence electrons. The lowest BCUT2D eigenvalue weighted by Crippen LogP contribution is -2.64. The molecule has 1 spiro atoms. The predicted molar refractivity (Wildman–Crippen MR) is 93.2 cm³/mol. The highest BCUT2D eigenvalue weighted by Gasteiger charge is 2.69. The molecular weight excluding hydrogens is 364 g/mol. The molecule has 2 fully saturated rings. The quantitative estimate of drug-likeness (QED) is 0.781. The first-order valence-corrected chi connectivity index (χ1v) is 8.55. The first kappa shape index (κ1) is 17.8. The van der Waals surface area contributed by atoms with E-state index in [0.29, 0.717) is 0 Å². The maximum atomic E-state index is 15.2. The van der Waals surface area contributed by atoms with E-state index in [1.54, 1.807) is 0 Å². The standard InChI is InChI=1S/C19H18F4N2O2/c20-15-9-24(11-1-5-13(26)6-2-11)19(17(15)22)18(23)16(21)10-25(19)12-3-7-14(27)8-4-12/h1-8,15-18,26-27H,9-10H2. The molecule has 4 rings (SSSR count). The minimum atomic E-state index is -2.30. The van der Waals surface area contributed by atoms with Gasteiger partial charge in [0.1, 0.15) is 11.5 Å². The Labute approximate surface area is 153 Å². The number of hydrogen-bond donors (Lipinski definition) is 2. The first-order chi connectivity index (χ1) is 12.9. The van der Waals surface area contributed by atoms with Crippen LogP contribution in [0.25, 0.3) is 0 Å². The number of anilines is 2. The Balaban J connectivity index is 1.87. The number of phenols is 2. The Morgan fingerprint density at radius 1 is 0.667 bits per heavy atom. The molecular formula is C19H18F4N2O2. The van der Waals surface area contributed by atoms with Crippen LogP contribution in [-0.2, 0) is 0 Å². The Kier molecular flexibility index (Phi) is 4.09. The first-order valence-electron chi connectivity index (χ1n) is 8.55. The highest BCUT2D eigenvalue weighted by Crippen LogP contribution is 2.50. The molecule has 2 aromatic rings. The van der Waals surface area contributed by atoms with Crippen LogP contribution in [0.1, 0.15) is 0 Å². The molecule has 0 saturated carbocycles. The third-order valence-corrected chi connectivity index (χ3v) is 5.35. The van der Waals surface area contributed by atoms with Crippen molar-refractivity contribution in [2.45, 2.75) is 30.3 Å². The van der Waals surface area contributed by atoms with Crippen LogP contribution in [0.3, 0.4) is 0 Å². The SMILES string of the molecule is Oc1ccc(N2CC(F)C(F)C23C(F)C(F)CN3c2ccc(O)cc2)cc1. The summed E-state index contributed by atoms with van der Waals surface area (Å²) < 4.78 is 59.3. The van der Waals surface area contributed by atoms with Gasteiger partial charge in [-0.3, -0.25) is 0 Å². The van der Waals surface area contributed by atoms with E-state index >= 15 is 8.78 Å². The molecule has 0 amide bonds. The molecule has 2 N–H and O–H groups in total. The van der Waals surface area contributed by atoms with E-state index in [2.05, 4.69) is 0 Å². The zero-order chi connectivity index (χ0) is 19.3. The van der Waals surface area contributed by atoms with Gasteiger partial charge in [-0.2, -0.15) is 0 Å². The minimum Gasteiger partial charge on any atom is -0.508 e. The van der Waals surface area contributed by atoms with Crippen LogP contribution in [0, 0.1) is 0 Å². The summed E-state index contributed by atoms with van der Waals surface area (Å²) in [4.78, 5) is 2.39. The van der Waals surface area contributed by atoms with Crippen molar-refractivity contribution in [1.29, 1.82) is 0 Å². The molecule has 2 aromatic carbocycles. The van der Waals surface area contributed by atoms with Gasteiger partial charge in [-0.25, -0.2) is 17.6 Å². The molecule has 0 aromatic heterocycles. The fourth-order valence-electron chi connectivity index (χ4n) is 4.14. The van der Waals surface area contributed by atoms with Crippen LogP contribution < -0.4 is 9.80 Å². The van der Waals surface area contributed by atoms with Gasteiger partial charge in [0.2, 0.25) is 0 Å². The van der Waals surface area contributed by atoms with E-state index in [-0.39, 0.29) is 22.9 Å². The summed E-state index contributed by atoms with van der Waals surface area (Å²) in [5.41, 5.74) is -1.65. The van der Waals surface area contributed by atoms with Gasteiger partial charge < -0.3 is 20.0 Å². The third kappa shape index (κ3) is 2.49. The zero-order valence-corrected chi connectivity index (χ0v) is 14.1. The van der Waals surface area contributed by atoms with Crippen molar-refractivity contribution in [3.8, 4) is 11.5 Å². The van der Waals surface area contributed by atoms with Crippen molar-refractivity contribution in [2.24, 2.45) is 0 Å². The minimum absolute atomic E-state index is 0.0532. The van der Waals surface area contributed by atoms with Crippen molar-refractivity contribution in [1.82, 2.24) is 0 Å². The van der Waals surface area contributed by atoms with Crippen LogP contribution in [0.4, 0.5) is 28.9 Å². The van der Waals surface area contributed by atoms with Gasteiger partial charge in [-0.15, -0.1) is 0 Å². The van der Waals surface area contributed by atoms with Gasteiger partial charge >= 0.3 is 0 Å².